The largest absolute Gasteiger partial charge is 0.379 e. The molecule has 0 aromatic heterocycles. The van der Waals surface area contributed by atoms with Gasteiger partial charge >= 0.3 is 0 Å². The number of amides is 4. The number of hydrogen-bond donors (Lipinski definition) is 3. The van der Waals surface area contributed by atoms with Crippen LogP contribution >= 0.6 is 0 Å². The number of rotatable bonds is 2. The first-order chi connectivity index (χ1) is 17.1. The average molecular weight is 500 g/mol. The Morgan fingerprint density at radius 3 is 2.53 bits per heavy atom. The SMILES string of the molecule is CC1(C(=O)N[C@H]2CCCC[C@H]3CNC(=O)[C@H]3C[C@@H](C#N)NC(=O)[C@@H]3[C@@H]4[C@H](CN3C2=O)C4(C)C)COC1. The van der Waals surface area contributed by atoms with Gasteiger partial charge < -0.3 is 25.6 Å². The summed E-state index contributed by atoms with van der Waals surface area (Å²) in [4.78, 5) is 54.6. The van der Waals surface area contributed by atoms with Crippen LogP contribution in [0.15, 0.2) is 0 Å². The molecule has 4 heterocycles. The van der Waals surface area contributed by atoms with E-state index in [0.29, 0.717) is 39.1 Å². The standard InChI is InChI=1S/C26H37N5O5/c1-25(2)17-11-31-20(19(17)25)22(33)29-15(9-27)8-16-14(10-28-21(16)32)6-4-5-7-18(23(31)34)30-24(35)26(3)12-36-13-26/h14-20H,4-8,10-13H2,1-3H3,(H,28,32)(H,29,33)(H,30,35)/t14-,15-,16-,17-,18-,19-,20-/m0/s1. The van der Waals surface area contributed by atoms with Crippen molar-refractivity contribution >= 4 is 23.6 Å². The minimum Gasteiger partial charge on any atom is -0.379 e. The third-order valence-corrected chi connectivity index (χ3v) is 9.48. The lowest BCUT2D eigenvalue weighted by Gasteiger charge is -2.38. The monoisotopic (exact) mass is 499 g/mol. The maximum absolute atomic E-state index is 13.8. The Balaban J connectivity index is 1.41. The summed E-state index contributed by atoms with van der Waals surface area (Å²) in [6.07, 6.45) is 3.05. The van der Waals surface area contributed by atoms with E-state index >= 15 is 0 Å². The second kappa shape index (κ2) is 9.02. The highest BCUT2D eigenvalue weighted by molar-refractivity contribution is 5.94. The smallest absolute Gasteiger partial charge is 0.245 e. The second-order valence-corrected chi connectivity index (χ2v) is 12.3. The predicted molar refractivity (Wildman–Crippen MR) is 128 cm³/mol. The Bertz CT molecular complexity index is 1000. The third kappa shape index (κ3) is 4.15. The van der Waals surface area contributed by atoms with Crippen LogP contribution in [0.4, 0.5) is 0 Å². The zero-order valence-electron chi connectivity index (χ0n) is 21.3. The first-order valence-corrected chi connectivity index (χ1v) is 13.2. The van der Waals surface area contributed by atoms with Crippen molar-refractivity contribution in [2.24, 2.45) is 34.5 Å². The van der Waals surface area contributed by atoms with Crippen molar-refractivity contribution in [3.05, 3.63) is 0 Å². The summed E-state index contributed by atoms with van der Waals surface area (Å²) in [6.45, 7) is 7.71. The number of fused-ring (bicyclic) bond motifs is 4. The molecular weight excluding hydrogens is 462 g/mol. The quantitative estimate of drug-likeness (QED) is 0.500. The van der Waals surface area contributed by atoms with Crippen LogP contribution in [0.1, 0.15) is 52.9 Å². The van der Waals surface area contributed by atoms with Gasteiger partial charge in [0.05, 0.1) is 24.7 Å². The molecule has 1 saturated carbocycles. The summed E-state index contributed by atoms with van der Waals surface area (Å²) in [5.74, 6) is -0.868. The molecule has 10 nitrogen and oxygen atoms in total. The van der Waals surface area contributed by atoms with Crippen molar-refractivity contribution in [2.45, 2.75) is 71.0 Å². The summed E-state index contributed by atoms with van der Waals surface area (Å²) in [5, 5.41) is 18.6. The Labute approximate surface area is 211 Å². The molecule has 0 unspecified atom stereocenters. The molecule has 5 rings (SSSR count). The van der Waals surface area contributed by atoms with E-state index in [0.717, 1.165) is 12.8 Å². The molecule has 10 heteroatoms. The van der Waals surface area contributed by atoms with Crippen LogP contribution in [-0.2, 0) is 23.9 Å². The number of hydrogen-bond acceptors (Lipinski definition) is 6. The molecule has 0 aromatic rings. The summed E-state index contributed by atoms with van der Waals surface area (Å²) >= 11 is 0. The van der Waals surface area contributed by atoms with Gasteiger partial charge in [-0.15, -0.1) is 0 Å². The van der Waals surface area contributed by atoms with Gasteiger partial charge in [-0.25, -0.2) is 0 Å². The van der Waals surface area contributed by atoms with E-state index in [4.69, 9.17) is 4.74 Å². The Morgan fingerprint density at radius 2 is 1.86 bits per heavy atom. The lowest BCUT2D eigenvalue weighted by molar-refractivity contribution is -0.160. The zero-order chi connectivity index (χ0) is 25.8. The maximum Gasteiger partial charge on any atom is 0.245 e. The lowest BCUT2D eigenvalue weighted by atomic mass is 9.85. The van der Waals surface area contributed by atoms with Gasteiger partial charge in [0, 0.05) is 19.0 Å². The Hall–Kier alpha value is -2.67. The van der Waals surface area contributed by atoms with Gasteiger partial charge in [-0.2, -0.15) is 5.26 Å². The fourth-order valence-corrected chi connectivity index (χ4v) is 6.87. The number of nitrogens with one attached hydrogen (secondary N) is 3. The fraction of sp³-hybridized carbons (Fsp3) is 0.808. The molecule has 196 valence electrons. The van der Waals surface area contributed by atoms with E-state index in [-0.39, 0.29) is 59.1 Å². The van der Waals surface area contributed by atoms with Crippen LogP contribution in [-0.4, -0.2) is 73.0 Å². The minimum absolute atomic E-state index is 0.00475. The van der Waals surface area contributed by atoms with Gasteiger partial charge in [0.2, 0.25) is 23.6 Å². The molecule has 4 saturated heterocycles. The zero-order valence-corrected chi connectivity index (χ0v) is 21.3. The average Bonchev–Trinajstić information content (AvgIpc) is 3.14. The molecular formula is C26H37N5O5. The van der Waals surface area contributed by atoms with Gasteiger partial charge in [-0.3, -0.25) is 19.2 Å². The highest BCUT2D eigenvalue weighted by Crippen LogP contribution is 2.65. The lowest BCUT2D eigenvalue weighted by Crippen LogP contribution is -2.60. The molecule has 4 amide bonds. The number of ether oxygens (including phenoxy) is 1. The van der Waals surface area contributed by atoms with Gasteiger partial charge in [-0.05, 0) is 49.4 Å². The van der Waals surface area contributed by atoms with E-state index in [1.54, 1.807) is 4.90 Å². The normalized spacial score (nSPS) is 39.2. The molecule has 0 spiro atoms. The number of carbonyl (C=O) groups excluding carboxylic acids is 4. The minimum atomic E-state index is -0.802. The summed E-state index contributed by atoms with van der Waals surface area (Å²) in [5.41, 5.74) is -0.716. The van der Waals surface area contributed by atoms with Crippen LogP contribution in [0, 0.1) is 45.8 Å². The second-order valence-electron chi connectivity index (χ2n) is 12.3. The molecule has 7 atom stereocenters. The first kappa shape index (κ1) is 25.0. The van der Waals surface area contributed by atoms with E-state index in [9.17, 15) is 24.4 Å². The predicted octanol–water partition coefficient (Wildman–Crippen LogP) is 0.325. The topological polar surface area (TPSA) is 141 Å². The van der Waals surface area contributed by atoms with Crippen LogP contribution < -0.4 is 16.0 Å². The molecule has 5 fully saturated rings. The van der Waals surface area contributed by atoms with Crippen molar-refractivity contribution in [1.82, 2.24) is 20.9 Å². The van der Waals surface area contributed by atoms with Crippen molar-refractivity contribution < 1.29 is 23.9 Å². The van der Waals surface area contributed by atoms with Crippen molar-refractivity contribution in [1.29, 1.82) is 5.26 Å². The van der Waals surface area contributed by atoms with Crippen molar-refractivity contribution in [3.8, 4) is 6.07 Å². The molecule has 36 heavy (non-hydrogen) atoms. The fourth-order valence-electron chi connectivity index (χ4n) is 6.87. The Morgan fingerprint density at radius 1 is 1.14 bits per heavy atom. The summed E-state index contributed by atoms with van der Waals surface area (Å²) in [7, 11) is 0. The van der Waals surface area contributed by atoms with Gasteiger partial charge in [0.15, 0.2) is 0 Å². The molecule has 3 N–H and O–H groups in total. The molecule has 1 aliphatic carbocycles. The van der Waals surface area contributed by atoms with E-state index in [1.165, 1.54) is 0 Å². The number of nitriles is 1. The molecule has 0 aromatic carbocycles. The third-order valence-electron chi connectivity index (χ3n) is 9.48. The molecule has 4 aliphatic heterocycles. The van der Waals surface area contributed by atoms with Crippen molar-refractivity contribution in [2.75, 3.05) is 26.3 Å². The Kier molecular flexibility index (Phi) is 6.26. The summed E-state index contributed by atoms with van der Waals surface area (Å²) < 4.78 is 5.24. The van der Waals surface area contributed by atoms with Gasteiger partial charge in [-0.1, -0.05) is 26.7 Å². The van der Waals surface area contributed by atoms with Gasteiger partial charge in [0.1, 0.15) is 18.1 Å². The van der Waals surface area contributed by atoms with E-state index < -0.39 is 23.5 Å². The van der Waals surface area contributed by atoms with Crippen molar-refractivity contribution in [3.63, 3.8) is 0 Å². The molecule has 0 bridgehead atoms. The van der Waals surface area contributed by atoms with Gasteiger partial charge in [0.25, 0.3) is 0 Å². The highest BCUT2D eigenvalue weighted by atomic mass is 16.5. The maximum atomic E-state index is 13.8. The highest BCUT2D eigenvalue weighted by Gasteiger charge is 2.69. The number of nitrogens with zero attached hydrogens (tertiary/aromatic N) is 2. The van der Waals surface area contributed by atoms with Crippen LogP contribution in [0.3, 0.4) is 0 Å². The molecule has 0 radical (unpaired) electrons. The first-order valence-electron chi connectivity index (χ1n) is 13.2. The molecule has 5 aliphatic rings. The van der Waals surface area contributed by atoms with Crippen LogP contribution in [0.5, 0.6) is 0 Å². The number of piperidine rings is 1. The van der Waals surface area contributed by atoms with E-state index in [2.05, 4.69) is 35.9 Å². The summed E-state index contributed by atoms with van der Waals surface area (Å²) in [6, 6.07) is -0.0452. The van der Waals surface area contributed by atoms with Crippen LogP contribution in [0.25, 0.3) is 0 Å². The van der Waals surface area contributed by atoms with Crippen LogP contribution in [0.2, 0.25) is 0 Å². The van der Waals surface area contributed by atoms with E-state index in [1.807, 2.05) is 6.92 Å². The number of carbonyl (C=O) groups is 4.